The van der Waals surface area contributed by atoms with Crippen molar-refractivity contribution in [2.24, 2.45) is 0 Å². The highest BCUT2D eigenvalue weighted by Gasteiger charge is 2.09. The third-order valence-corrected chi connectivity index (χ3v) is 3.22. The molecule has 0 bridgehead atoms. The summed E-state index contributed by atoms with van der Waals surface area (Å²) in [4.78, 5) is 12.1. The summed E-state index contributed by atoms with van der Waals surface area (Å²) in [5, 5.41) is 13.1. The number of aromatic nitrogens is 2. The molecule has 0 aliphatic rings. The summed E-state index contributed by atoms with van der Waals surface area (Å²) >= 11 is 0. The van der Waals surface area contributed by atoms with Crippen LogP contribution in [0.5, 0.6) is 0 Å². The van der Waals surface area contributed by atoms with Crippen molar-refractivity contribution >= 4 is 8.73 Å². The van der Waals surface area contributed by atoms with Crippen LogP contribution in [0, 0.1) is 5.82 Å². The molecule has 6 heteroatoms. The van der Waals surface area contributed by atoms with Crippen LogP contribution in [0.1, 0.15) is 5.69 Å². The second kappa shape index (κ2) is 5.38. The first kappa shape index (κ1) is 12.9. The van der Waals surface area contributed by atoms with Crippen molar-refractivity contribution in [1.82, 2.24) is 9.55 Å². The lowest BCUT2D eigenvalue weighted by atomic mass is 10.1. The van der Waals surface area contributed by atoms with E-state index in [1.54, 1.807) is 0 Å². The molecule has 1 N–H and O–H groups in total. The van der Waals surface area contributed by atoms with Crippen LogP contribution in [0.3, 0.4) is 0 Å². The molecule has 2 aromatic rings. The molecule has 2 rings (SSSR count). The Hall–Kier alpha value is -1.58. The van der Waals surface area contributed by atoms with Gasteiger partial charge in [0.2, 0.25) is 0 Å². The smallest absolute Gasteiger partial charge is 0.277 e. The summed E-state index contributed by atoms with van der Waals surface area (Å²) in [6.45, 7) is 1.59. The van der Waals surface area contributed by atoms with Gasteiger partial charge in [-0.2, -0.15) is 5.10 Å². The van der Waals surface area contributed by atoms with E-state index in [2.05, 4.69) is 5.10 Å². The van der Waals surface area contributed by atoms with Crippen LogP contribution < -0.4 is 5.56 Å². The number of benzene rings is 1. The first-order valence-corrected chi connectivity index (χ1v) is 6.78. The highest BCUT2D eigenvalue weighted by molar-refractivity contribution is 7.35. The van der Waals surface area contributed by atoms with Gasteiger partial charge in [-0.1, -0.05) is 12.1 Å². The van der Waals surface area contributed by atoms with Crippen molar-refractivity contribution in [2.45, 2.75) is 6.61 Å². The van der Waals surface area contributed by atoms with Crippen LogP contribution >= 0.6 is 8.73 Å². The predicted molar refractivity (Wildman–Crippen MR) is 69.5 cm³/mol. The quantitative estimate of drug-likeness (QED) is 0.859. The third kappa shape index (κ3) is 2.47. The van der Waals surface area contributed by atoms with Gasteiger partial charge in [0, 0.05) is 8.73 Å². The van der Waals surface area contributed by atoms with Crippen LogP contribution in [0.2, 0.25) is 0 Å². The van der Waals surface area contributed by atoms with E-state index in [0.29, 0.717) is 16.8 Å². The zero-order chi connectivity index (χ0) is 13.1. The highest BCUT2D eigenvalue weighted by Crippen LogP contribution is 2.18. The van der Waals surface area contributed by atoms with Crippen LogP contribution in [-0.2, 0) is 6.61 Å². The average molecular weight is 266 g/mol. The number of rotatable bonds is 3. The van der Waals surface area contributed by atoms with Crippen molar-refractivity contribution in [3.8, 4) is 11.1 Å². The summed E-state index contributed by atoms with van der Waals surface area (Å²) in [5.41, 5.74) is 1.22. The zero-order valence-corrected chi connectivity index (χ0v) is 10.7. The Balaban J connectivity index is 2.62. The Bertz CT molecular complexity index is 610. The highest BCUT2D eigenvalue weighted by atomic mass is 31.1. The Morgan fingerprint density at radius 2 is 2.06 bits per heavy atom. The summed E-state index contributed by atoms with van der Waals surface area (Å²) < 4.78 is 14.2. The van der Waals surface area contributed by atoms with Gasteiger partial charge in [-0.15, -0.1) is 0 Å². The van der Waals surface area contributed by atoms with E-state index < -0.39 is 0 Å². The molecule has 18 heavy (non-hydrogen) atoms. The molecule has 0 amide bonds. The lowest BCUT2D eigenvalue weighted by molar-refractivity contribution is 0.275. The molecular formula is C12H12FN2O2P. The largest absolute Gasteiger partial charge is 0.390 e. The SMILES string of the molecule is CPn1nc(CO)cc(-c2ccc(F)cc2)c1=O. The number of halogens is 1. The van der Waals surface area contributed by atoms with Crippen LogP contribution in [-0.4, -0.2) is 21.3 Å². The van der Waals surface area contributed by atoms with Crippen LogP contribution in [0.4, 0.5) is 4.39 Å². The van der Waals surface area contributed by atoms with Crippen LogP contribution in [0.15, 0.2) is 35.1 Å². The van der Waals surface area contributed by atoms with Gasteiger partial charge < -0.3 is 5.11 Å². The first-order chi connectivity index (χ1) is 8.65. The van der Waals surface area contributed by atoms with Gasteiger partial charge in [0.1, 0.15) is 5.82 Å². The lowest BCUT2D eigenvalue weighted by Gasteiger charge is -2.07. The lowest BCUT2D eigenvalue weighted by Crippen LogP contribution is -2.20. The molecule has 0 aliphatic heterocycles. The number of aliphatic hydroxyl groups excluding tert-OH is 1. The van der Waals surface area contributed by atoms with E-state index in [4.69, 9.17) is 5.11 Å². The molecular weight excluding hydrogens is 254 g/mol. The van der Waals surface area contributed by atoms with E-state index in [9.17, 15) is 9.18 Å². The Morgan fingerprint density at radius 1 is 1.39 bits per heavy atom. The molecule has 0 radical (unpaired) electrons. The minimum Gasteiger partial charge on any atom is -0.390 e. The Labute approximate surface area is 105 Å². The number of aliphatic hydroxyl groups is 1. The topological polar surface area (TPSA) is 55.1 Å². The van der Waals surface area contributed by atoms with Gasteiger partial charge in [-0.05, 0) is 30.4 Å². The van der Waals surface area contributed by atoms with E-state index in [-0.39, 0.29) is 26.7 Å². The minimum absolute atomic E-state index is 0.175. The Kier molecular flexibility index (Phi) is 3.84. The average Bonchev–Trinajstić information content (AvgIpc) is 2.40. The Morgan fingerprint density at radius 3 is 2.61 bits per heavy atom. The summed E-state index contributed by atoms with van der Waals surface area (Å²) in [7, 11) is 0.175. The molecule has 0 saturated heterocycles. The van der Waals surface area contributed by atoms with Gasteiger partial charge in [-0.25, -0.2) is 8.84 Å². The maximum atomic E-state index is 12.9. The standard InChI is InChI=1S/C12H12FN2O2P/c1-18-15-12(17)11(6-10(7-16)14-15)8-2-4-9(13)5-3-8/h2-6,16,18H,7H2,1H3. The molecule has 1 atom stereocenters. The number of nitrogens with zero attached hydrogens (tertiary/aromatic N) is 2. The van der Waals surface area contributed by atoms with Gasteiger partial charge in [-0.3, -0.25) is 4.79 Å². The molecule has 1 heterocycles. The minimum atomic E-state index is -0.354. The normalized spacial score (nSPS) is 11.3. The molecule has 1 aromatic heterocycles. The molecule has 0 saturated carbocycles. The van der Waals surface area contributed by atoms with Crippen molar-refractivity contribution in [1.29, 1.82) is 0 Å². The summed E-state index contributed by atoms with van der Waals surface area (Å²) in [6, 6.07) is 7.21. The van der Waals surface area contributed by atoms with Crippen molar-refractivity contribution in [3.63, 3.8) is 0 Å². The van der Waals surface area contributed by atoms with Gasteiger partial charge >= 0.3 is 0 Å². The fourth-order valence-corrected chi connectivity index (χ4v) is 2.16. The zero-order valence-electron chi connectivity index (χ0n) is 9.72. The van der Waals surface area contributed by atoms with Gasteiger partial charge in [0.25, 0.3) is 5.56 Å². The van der Waals surface area contributed by atoms with Gasteiger partial charge in [0.15, 0.2) is 0 Å². The monoisotopic (exact) mass is 266 g/mol. The molecule has 0 fully saturated rings. The molecule has 0 aliphatic carbocycles. The first-order valence-electron chi connectivity index (χ1n) is 5.33. The molecule has 1 unspecified atom stereocenters. The maximum absolute atomic E-state index is 12.9. The molecule has 1 aromatic carbocycles. The van der Waals surface area contributed by atoms with E-state index in [0.717, 1.165) is 0 Å². The molecule has 94 valence electrons. The second-order valence-corrected chi connectivity index (χ2v) is 4.53. The van der Waals surface area contributed by atoms with E-state index in [1.807, 2.05) is 6.66 Å². The maximum Gasteiger partial charge on any atom is 0.277 e. The van der Waals surface area contributed by atoms with Crippen molar-refractivity contribution in [2.75, 3.05) is 6.66 Å². The van der Waals surface area contributed by atoms with E-state index in [1.165, 1.54) is 34.8 Å². The predicted octanol–water partition coefficient (Wildman–Crippen LogP) is 1.61. The third-order valence-electron chi connectivity index (χ3n) is 2.49. The fourth-order valence-electron chi connectivity index (χ4n) is 1.61. The van der Waals surface area contributed by atoms with Crippen molar-refractivity contribution in [3.05, 3.63) is 52.2 Å². The fraction of sp³-hybridized carbons (Fsp3) is 0.167. The van der Waals surface area contributed by atoms with Crippen molar-refractivity contribution < 1.29 is 9.50 Å². The number of hydrogen-bond donors (Lipinski definition) is 1. The van der Waals surface area contributed by atoms with Crippen LogP contribution in [0.25, 0.3) is 11.1 Å². The molecule has 4 nitrogen and oxygen atoms in total. The van der Waals surface area contributed by atoms with Gasteiger partial charge in [0.05, 0.1) is 17.9 Å². The second-order valence-electron chi connectivity index (χ2n) is 3.65. The summed E-state index contributed by atoms with van der Waals surface area (Å²) in [6.07, 6.45) is 0. The number of hydrogen-bond acceptors (Lipinski definition) is 3. The molecule has 0 spiro atoms. The summed E-state index contributed by atoms with van der Waals surface area (Å²) in [5.74, 6) is -0.354. The van der Waals surface area contributed by atoms with E-state index >= 15 is 0 Å².